The van der Waals surface area contributed by atoms with Gasteiger partial charge in [-0.15, -0.1) is 0 Å². The van der Waals surface area contributed by atoms with E-state index in [1.165, 1.54) is 24.4 Å². The van der Waals surface area contributed by atoms with E-state index in [1.807, 2.05) is 0 Å². The minimum Gasteiger partial charge on any atom is -0.481 e. The number of nitrogens with one attached hydrogen (secondary N) is 2. The minimum absolute atomic E-state index is 0.0107. The molecule has 1 fully saturated rings. The number of pyridine rings is 1. The zero-order valence-electron chi connectivity index (χ0n) is 20.0. The van der Waals surface area contributed by atoms with Crippen molar-refractivity contribution in [2.75, 3.05) is 37.4 Å². The summed E-state index contributed by atoms with van der Waals surface area (Å²) >= 11 is 0. The summed E-state index contributed by atoms with van der Waals surface area (Å²) in [6.45, 7) is 1.69. The molecule has 2 aromatic carbocycles. The van der Waals surface area contributed by atoms with Gasteiger partial charge >= 0.3 is 12.0 Å². The van der Waals surface area contributed by atoms with E-state index >= 15 is 0 Å². The molecule has 0 atom stereocenters. The first-order chi connectivity index (χ1) is 17.7. The highest BCUT2D eigenvalue weighted by atomic mass is 32.2. The summed E-state index contributed by atoms with van der Waals surface area (Å²) in [7, 11) is -3.90. The molecule has 1 aromatic heterocycles. The number of fused-ring (bicyclic) bond motifs is 1. The molecule has 1 aliphatic heterocycles. The van der Waals surface area contributed by atoms with E-state index in [0.29, 0.717) is 54.8 Å². The number of carbonyl (C=O) groups excluding carboxylic acids is 2. The molecule has 0 unspecified atom stereocenters. The number of rotatable bonds is 8. The minimum atomic E-state index is -3.90. The molecule has 37 heavy (non-hydrogen) atoms. The number of benzene rings is 2. The Morgan fingerprint density at radius 3 is 2.30 bits per heavy atom. The van der Waals surface area contributed by atoms with Gasteiger partial charge in [-0.3, -0.25) is 19.3 Å². The maximum atomic E-state index is 13.0. The summed E-state index contributed by atoms with van der Waals surface area (Å²) in [6.07, 6.45) is 1.88. The van der Waals surface area contributed by atoms with Gasteiger partial charge in [-0.2, -0.15) is 0 Å². The third-order valence-corrected chi connectivity index (χ3v) is 7.38. The van der Waals surface area contributed by atoms with Crippen LogP contribution < -0.4 is 10.0 Å². The molecule has 0 saturated carbocycles. The van der Waals surface area contributed by atoms with Gasteiger partial charge in [-0.1, -0.05) is 18.2 Å². The van der Waals surface area contributed by atoms with Gasteiger partial charge in [0.25, 0.3) is 15.9 Å². The average molecular weight is 526 g/mol. The Bertz CT molecular complexity index is 1400. The van der Waals surface area contributed by atoms with Crippen molar-refractivity contribution in [1.29, 1.82) is 0 Å². The number of piperazine rings is 1. The molecular weight excluding hydrogens is 498 g/mol. The number of hydrogen-bond donors (Lipinski definition) is 3. The first-order valence-corrected chi connectivity index (χ1v) is 13.2. The standard InChI is InChI=1S/C25H27N5O6S/c31-22(32)7-3-13-27-25(34)30-16-14-29(15-17-30)24(33)19-8-10-20(11-9-19)28-37(35,36)21-6-1-4-18-5-2-12-26-23(18)21/h1-2,4-6,8-12,28H,3,7,13-17H2,(H,27,34)(H,31,32). The molecule has 2 heterocycles. The van der Waals surface area contributed by atoms with Crippen LogP contribution in [0.4, 0.5) is 10.5 Å². The quantitative estimate of drug-likeness (QED) is 0.382. The fourth-order valence-electron chi connectivity index (χ4n) is 4.03. The van der Waals surface area contributed by atoms with Crippen molar-refractivity contribution in [3.63, 3.8) is 0 Å². The molecule has 0 aliphatic carbocycles. The van der Waals surface area contributed by atoms with Crippen LogP contribution in [0.1, 0.15) is 23.2 Å². The van der Waals surface area contributed by atoms with Crippen molar-refractivity contribution in [3.05, 3.63) is 66.4 Å². The molecule has 4 rings (SSSR count). The second kappa shape index (κ2) is 11.2. The Morgan fingerprint density at radius 2 is 1.59 bits per heavy atom. The zero-order valence-corrected chi connectivity index (χ0v) is 20.8. The van der Waals surface area contributed by atoms with Crippen LogP contribution in [0, 0.1) is 0 Å². The third-order valence-electron chi connectivity index (χ3n) is 5.97. The van der Waals surface area contributed by atoms with E-state index in [4.69, 9.17) is 5.11 Å². The summed E-state index contributed by atoms with van der Waals surface area (Å²) in [5, 5.41) is 12.1. The van der Waals surface area contributed by atoms with E-state index in [-0.39, 0.29) is 29.8 Å². The normalized spacial score (nSPS) is 13.8. The van der Waals surface area contributed by atoms with Gasteiger partial charge in [0.2, 0.25) is 0 Å². The van der Waals surface area contributed by atoms with Crippen LogP contribution in [0.3, 0.4) is 0 Å². The number of carboxylic acid groups (broad SMARTS) is 1. The number of urea groups is 1. The predicted molar refractivity (Wildman–Crippen MR) is 137 cm³/mol. The van der Waals surface area contributed by atoms with E-state index in [9.17, 15) is 22.8 Å². The van der Waals surface area contributed by atoms with Crippen LogP contribution in [-0.2, 0) is 14.8 Å². The highest BCUT2D eigenvalue weighted by molar-refractivity contribution is 7.93. The fraction of sp³-hybridized carbons (Fsp3) is 0.280. The lowest BCUT2D eigenvalue weighted by Gasteiger charge is -2.34. The average Bonchev–Trinajstić information content (AvgIpc) is 2.90. The topological polar surface area (TPSA) is 149 Å². The molecular formula is C25H27N5O6S. The fourth-order valence-corrected chi connectivity index (χ4v) is 5.27. The van der Waals surface area contributed by atoms with Crippen LogP contribution >= 0.6 is 0 Å². The summed E-state index contributed by atoms with van der Waals surface area (Å²) in [4.78, 5) is 43.2. The lowest BCUT2D eigenvalue weighted by Crippen LogP contribution is -2.53. The van der Waals surface area contributed by atoms with Crippen LogP contribution in [0.15, 0.2) is 65.7 Å². The van der Waals surface area contributed by atoms with Crippen LogP contribution in [0.25, 0.3) is 10.9 Å². The molecule has 3 amide bonds. The van der Waals surface area contributed by atoms with E-state index < -0.39 is 16.0 Å². The van der Waals surface area contributed by atoms with Gasteiger partial charge in [0.15, 0.2) is 0 Å². The molecule has 1 aliphatic rings. The highest BCUT2D eigenvalue weighted by Gasteiger charge is 2.25. The van der Waals surface area contributed by atoms with Gasteiger partial charge in [0, 0.05) is 62.0 Å². The van der Waals surface area contributed by atoms with Gasteiger partial charge in [0.1, 0.15) is 4.90 Å². The van der Waals surface area contributed by atoms with Crippen molar-refractivity contribution in [2.24, 2.45) is 0 Å². The zero-order chi connectivity index (χ0) is 26.4. The number of carboxylic acids is 1. The Morgan fingerprint density at radius 1 is 0.919 bits per heavy atom. The number of nitrogens with zero attached hydrogens (tertiary/aromatic N) is 3. The lowest BCUT2D eigenvalue weighted by atomic mass is 10.1. The molecule has 3 aromatic rings. The molecule has 3 N–H and O–H groups in total. The number of para-hydroxylation sites is 1. The van der Waals surface area contributed by atoms with E-state index in [2.05, 4.69) is 15.0 Å². The smallest absolute Gasteiger partial charge is 0.317 e. The molecule has 194 valence electrons. The second-order valence-electron chi connectivity index (χ2n) is 8.52. The first kappa shape index (κ1) is 25.9. The Balaban J connectivity index is 1.33. The summed E-state index contributed by atoms with van der Waals surface area (Å²) < 4.78 is 28.5. The Labute approximate surface area is 214 Å². The maximum Gasteiger partial charge on any atom is 0.317 e. The molecule has 0 bridgehead atoms. The van der Waals surface area contributed by atoms with E-state index in [1.54, 1.807) is 46.2 Å². The number of aromatic nitrogens is 1. The maximum absolute atomic E-state index is 13.0. The predicted octanol–water partition coefficient (Wildman–Crippen LogP) is 2.37. The van der Waals surface area contributed by atoms with Crippen molar-refractivity contribution in [2.45, 2.75) is 17.7 Å². The SMILES string of the molecule is O=C(O)CCCNC(=O)N1CCN(C(=O)c2ccc(NS(=O)(=O)c3cccc4cccnc34)cc2)CC1. The highest BCUT2D eigenvalue weighted by Crippen LogP contribution is 2.23. The molecule has 0 spiro atoms. The summed E-state index contributed by atoms with van der Waals surface area (Å²) in [6, 6.07) is 14.4. The van der Waals surface area contributed by atoms with Crippen molar-refractivity contribution < 1.29 is 27.9 Å². The number of aliphatic carboxylic acids is 1. The first-order valence-electron chi connectivity index (χ1n) is 11.7. The number of carbonyl (C=O) groups is 3. The van der Waals surface area contributed by atoms with Crippen LogP contribution in [0.2, 0.25) is 0 Å². The van der Waals surface area contributed by atoms with Crippen LogP contribution in [0.5, 0.6) is 0 Å². The third kappa shape index (κ3) is 6.33. The molecule has 0 radical (unpaired) electrons. The van der Waals surface area contributed by atoms with Gasteiger partial charge in [-0.05, 0) is 42.8 Å². The molecule has 1 saturated heterocycles. The largest absolute Gasteiger partial charge is 0.481 e. The number of sulfonamides is 1. The van der Waals surface area contributed by atoms with Crippen molar-refractivity contribution in [1.82, 2.24) is 20.1 Å². The van der Waals surface area contributed by atoms with Gasteiger partial charge in [-0.25, -0.2) is 13.2 Å². The van der Waals surface area contributed by atoms with Crippen molar-refractivity contribution >= 4 is 44.5 Å². The Kier molecular flexibility index (Phi) is 7.87. The molecule has 12 heteroatoms. The Hall–Kier alpha value is -4.19. The monoisotopic (exact) mass is 525 g/mol. The number of amides is 3. The van der Waals surface area contributed by atoms with Gasteiger partial charge < -0.3 is 20.2 Å². The van der Waals surface area contributed by atoms with Crippen LogP contribution in [-0.4, -0.2) is 78.9 Å². The summed E-state index contributed by atoms with van der Waals surface area (Å²) in [5.41, 5.74) is 1.09. The number of anilines is 1. The lowest BCUT2D eigenvalue weighted by molar-refractivity contribution is -0.137. The second-order valence-corrected chi connectivity index (χ2v) is 10.2. The van der Waals surface area contributed by atoms with E-state index in [0.717, 1.165) is 0 Å². The van der Waals surface area contributed by atoms with Gasteiger partial charge in [0.05, 0.1) is 5.52 Å². The summed E-state index contributed by atoms with van der Waals surface area (Å²) in [5.74, 6) is -1.12. The molecule has 11 nitrogen and oxygen atoms in total. The van der Waals surface area contributed by atoms with Crippen molar-refractivity contribution in [3.8, 4) is 0 Å². The number of hydrogen-bond acceptors (Lipinski definition) is 6.